The Morgan fingerprint density at radius 1 is 1.14 bits per heavy atom. The summed E-state index contributed by atoms with van der Waals surface area (Å²) in [4.78, 5) is 17.4. The van der Waals surface area contributed by atoms with Crippen molar-refractivity contribution < 1.29 is 9.53 Å². The van der Waals surface area contributed by atoms with Crippen LogP contribution in [0.2, 0.25) is 0 Å². The molecule has 2 aromatic rings. The Bertz CT molecular complexity index is 735. The molecule has 3 rings (SSSR count). The standard InChI is InChI=1S/C22H32N4O2/c1-3-28-21-11-9-19(10-12-21)23-22(27)26(18-20-8-7-13-24(20)2)17-16-25-14-5-4-6-15-25/h7-13H,3-6,14-18H2,1-2H3,(H,23,27). The number of rotatable bonds is 8. The van der Waals surface area contributed by atoms with Crippen LogP contribution in [-0.4, -0.2) is 53.2 Å². The van der Waals surface area contributed by atoms with Gasteiger partial charge in [0.15, 0.2) is 0 Å². The van der Waals surface area contributed by atoms with E-state index >= 15 is 0 Å². The zero-order valence-corrected chi connectivity index (χ0v) is 17.1. The third-order valence-electron chi connectivity index (χ3n) is 5.24. The predicted octanol–water partition coefficient (Wildman–Crippen LogP) is 3.94. The van der Waals surface area contributed by atoms with E-state index in [2.05, 4.69) is 20.9 Å². The van der Waals surface area contributed by atoms with Crippen LogP contribution in [0.25, 0.3) is 0 Å². The molecule has 1 fully saturated rings. The van der Waals surface area contributed by atoms with Gasteiger partial charge in [-0.05, 0) is 69.3 Å². The van der Waals surface area contributed by atoms with Crippen molar-refractivity contribution in [3.8, 4) is 5.75 Å². The second-order valence-electron chi connectivity index (χ2n) is 7.32. The Hall–Kier alpha value is -2.47. The molecular formula is C22H32N4O2. The third kappa shape index (κ3) is 5.76. The second kappa shape index (κ2) is 10.2. The number of carbonyl (C=O) groups excluding carboxylic acids is 1. The van der Waals surface area contributed by atoms with Crippen molar-refractivity contribution in [2.45, 2.75) is 32.7 Å². The van der Waals surface area contributed by atoms with Crippen LogP contribution in [0.1, 0.15) is 31.9 Å². The van der Waals surface area contributed by atoms with E-state index in [1.165, 1.54) is 19.3 Å². The normalized spacial score (nSPS) is 14.6. The topological polar surface area (TPSA) is 49.7 Å². The molecule has 1 aliphatic heterocycles. The monoisotopic (exact) mass is 384 g/mol. The highest BCUT2D eigenvalue weighted by atomic mass is 16.5. The summed E-state index contributed by atoms with van der Waals surface area (Å²) in [5, 5.41) is 3.03. The van der Waals surface area contributed by atoms with Crippen LogP contribution in [0.5, 0.6) is 5.75 Å². The van der Waals surface area contributed by atoms with E-state index in [4.69, 9.17) is 4.74 Å². The van der Waals surface area contributed by atoms with Crippen molar-refractivity contribution in [3.63, 3.8) is 0 Å². The van der Waals surface area contributed by atoms with Crippen molar-refractivity contribution in [2.24, 2.45) is 7.05 Å². The van der Waals surface area contributed by atoms with Crippen LogP contribution in [0.4, 0.5) is 10.5 Å². The lowest BCUT2D eigenvalue weighted by atomic mass is 10.1. The fourth-order valence-corrected chi connectivity index (χ4v) is 3.56. The lowest BCUT2D eigenvalue weighted by Crippen LogP contribution is -2.42. The Balaban J connectivity index is 1.63. The SMILES string of the molecule is CCOc1ccc(NC(=O)N(CCN2CCCCC2)Cc2cccn2C)cc1. The quantitative estimate of drug-likeness (QED) is 0.750. The zero-order chi connectivity index (χ0) is 19.8. The summed E-state index contributed by atoms with van der Waals surface area (Å²) in [7, 11) is 2.02. The molecule has 0 aliphatic carbocycles. The van der Waals surface area contributed by atoms with Gasteiger partial charge in [-0.1, -0.05) is 6.42 Å². The summed E-state index contributed by atoms with van der Waals surface area (Å²) >= 11 is 0. The number of likely N-dealkylation sites (tertiary alicyclic amines) is 1. The highest BCUT2D eigenvalue weighted by Crippen LogP contribution is 2.17. The van der Waals surface area contributed by atoms with Crippen molar-refractivity contribution in [3.05, 3.63) is 48.3 Å². The van der Waals surface area contributed by atoms with E-state index in [-0.39, 0.29) is 6.03 Å². The van der Waals surface area contributed by atoms with Gasteiger partial charge in [-0.25, -0.2) is 4.79 Å². The molecular weight excluding hydrogens is 352 g/mol. The van der Waals surface area contributed by atoms with Crippen LogP contribution < -0.4 is 10.1 Å². The van der Waals surface area contributed by atoms with Crippen LogP contribution in [-0.2, 0) is 13.6 Å². The number of benzene rings is 1. The smallest absolute Gasteiger partial charge is 0.322 e. The number of hydrogen-bond acceptors (Lipinski definition) is 3. The van der Waals surface area contributed by atoms with Gasteiger partial charge in [0.2, 0.25) is 0 Å². The van der Waals surface area contributed by atoms with Gasteiger partial charge in [-0.3, -0.25) is 0 Å². The number of anilines is 1. The maximum atomic E-state index is 13.0. The molecule has 152 valence electrons. The highest BCUT2D eigenvalue weighted by Gasteiger charge is 2.18. The molecule has 0 spiro atoms. The molecule has 28 heavy (non-hydrogen) atoms. The van der Waals surface area contributed by atoms with Crippen LogP contribution in [0.3, 0.4) is 0 Å². The molecule has 2 heterocycles. The Morgan fingerprint density at radius 2 is 1.89 bits per heavy atom. The van der Waals surface area contributed by atoms with Gasteiger partial charge in [0.05, 0.1) is 13.2 Å². The molecule has 1 aliphatic rings. The van der Waals surface area contributed by atoms with Crippen molar-refractivity contribution in [1.29, 1.82) is 0 Å². The fraction of sp³-hybridized carbons (Fsp3) is 0.500. The molecule has 2 amide bonds. The summed E-state index contributed by atoms with van der Waals surface area (Å²) in [5.74, 6) is 0.811. The Kier molecular flexibility index (Phi) is 7.37. The second-order valence-corrected chi connectivity index (χ2v) is 7.32. The van der Waals surface area contributed by atoms with Crippen LogP contribution in [0.15, 0.2) is 42.6 Å². The van der Waals surface area contributed by atoms with Crippen LogP contribution >= 0.6 is 0 Å². The molecule has 6 heteroatoms. The van der Waals surface area contributed by atoms with Crippen molar-refractivity contribution in [2.75, 3.05) is 38.1 Å². The summed E-state index contributed by atoms with van der Waals surface area (Å²) in [6.45, 7) is 7.10. The van der Waals surface area contributed by atoms with Gasteiger partial charge in [-0.2, -0.15) is 0 Å². The van der Waals surface area contributed by atoms with Gasteiger partial charge in [0, 0.05) is 37.7 Å². The number of nitrogens with one attached hydrogen (secondary N) is 1. The third-order valence-corrected chi connectivity index (χ3v) is 5.24. The Labute approximate surface area is 168 Å². The largest absolute Gasteiger partial charge is 0.494 e. The van der Waals surface area contributed by atoms with Gasteiger partial charge in [0.1, 0.15) is 5.75 Å². The van der Waals surface area contributed by atoms with Gasteiger partial charge in [0.25, 0.3) is 0 Å². The first-order chi connectivity index (χ1) is 13.7. The molecule has 1 aromatic carbocycles. The molecule has 0 saturated carbocycles. The summed E-state index contributed by atoms with van der Waals surface area (Å²) in [5.41, 5.74) is 1.91. The fourth-order valence-electron chi connectivity index (χ4n) is 3.56. The first kappa shape index (κ1) is 20.3. The number of ether oxygens (including phenoxy) is 1. The zero-order valence-electron chi connectivity index (χ0n) is 17.1. The molecule has 0 bridgehead atoms. The average molecular weight is 385 g/mol. The molecule has 0 radical (unpaired) electrons. The van der Waals surface area contributed by atoms with Gasteiger partial charge in [-0.15, -0.1) is 0 Å². The van der Waals surface area contributed by atoms with E-state index in [0.717, 1.165) is 36.8 Å². The molecule has 1 N–H and O–H groups in total. The summed E-state index contributed by atoms with van der Waals surface area (Å²) in [6, 6.07) is 11.5. The number of aromatic nitrogens is 1. The van der Waals surface area contributed by atoms with E-state index < -0.39 is 0 Å². The van der Waals surface area contributed by atoms with E-state index in [9.17, 15) is 4.79 Å². The van der Waals surface area contributed by atoms with Crippen molar-refractivity contribution >= 4 is 11.7 Å². The number of hydrogen-bond donors (Lipinski definition) is 1. The van der Waals surface area contributed by atoms with E-state index in [1.54, 1.807) is 0 Å². The molecule has 1 aromatic heterocycles. The first-order valence-corrected chi connectivity index (χ1v) is 10.3. The number of nitrogens with zero attached hydrogens (tertiary/aromatic N) is 3. The molecule has 0 atom stereocenters. The summed E-state index contributed by atoms with van der Waals surface area (Å²) < 4.78 is 7.54. The Morgan fingerprint density at radius 3 is 2.54 bits per heavy atom. The van der Waals surface area contributed by atoms with Gasteiger partial charge < -0.3 is 24.4 Å². The number of urea groups is 1. The minimum absolute atomic E-state index is 0.0673. The maximum Gasteiger partial charge on any atom is 0.322 e. The number of piperidine rings is 1. The minimum atomic E-state index is -0.0673. The van der Waals surface area contributed by atoms with Crippen molar-refractivity contribution in [1.82, 2.24) is 14.4 Å². The number of carbonyl (C=O) groups is 1. The summed E-state index contributed by atoms with van der Waals surface area (Å²) in [6.07, 6.45) is 5.86. The minimum Gasteiger partial charge on any atom is -0.494 e. The predicted molar refractivity (Wildman–Crippen MR) is 113 cm³/mol. The molecule has 0 unspecified atom stereocenters. The number of aryl methyl sites for hydroxylation is 1. The van der Waals surface area contributed by atoms with Gasteiger partial charge >= 0.3 is 6.03 Å². The number of amides is 2. The van der Waals surface area contributed by atoms with E-state index in [1.807, 2.05) is 55.4 Å². The maximum absolute atomic E-state index is 13.0. The lowest BCUT2D eigenvalue weighted by molar-refractivity contribution is 0.177. The lowest BCUT2D eigenvalue weighted by Gasteiger charge is -2.30. The van der Waals surface area contributed by atoms with Crippen LogP contribution in [0, 0.1) is 0 Å². The molecule has 1 saturated heterocycles. The first-order valence-electron chi connectivity index (χ1n) is 10.3. The van der Waals surface area contributed by atoms with E-state index in [0.29, 0.717) is 19.7 Å². The highest BCUT2D eigenvalue weighted by molar-refractivity contribution is 5.89. The average Bonchev–Trinajstić information content (AvgIpc) is 3.12. The molecule has 6 nitrogen and oxygen atoms in total.